The second-order valence-corrected chi connectivity index (χ2v) is 14.9. The Morgan fingerprint density at radius 2 is 1.09 bits per heavy atom. The summed E-state index contributed by atoms with van der Waals surface area (Å²) in [7, 11) is -4.48. The summed E-state index contributed by atoms with van der Waals surface area (Å²) in [4.78, 5) is 0. The molecule has 0 radical (unpaired) electrons. The normalized spacial score (nSPS) is 16.9. The summed E-state index contributed by atoms with van der Waals surface area (Å²) in [6, 6.07) is 0. The van der Waals surface area contributed by atoms with E-state index in [0.29, 0.717) is 0 Å². The van der Waals surface area contributed by atoms with E-state index in [0.717, 1.165) is 76.0 Å². The van der Waals surface area contributed by atoms with Gasteiger partial charge in [-0.15, -0.1) is 0 Å². The molecule has 0 aliphatic carbocycles. The van der Waals surface area contributed by atoms with E-state index in [-0.39, 0.29) is 0 Å². The Hall–Kier alpha value is 0.840. The fourth-order valence-corrected chi connectivity index (χ4v) is 14.2. The van der Waals surface area contributed by atoms with Crippen LogP contribution in [0.1, 0.15) is 79.1 Å². The zero-order chi connectivity index (χ0) is 17.1. The Labute approximate surface area is 142 Å². The summed E-state index contributed by atoms with van der Waals surface area (Å²) in [6.45, 7) is 5.73. The minimum absolute atomic E-state index is 0.878. The maximum atomic E-state index is 14.0. The van der Waals surface area contributed by atoms with Gasteiger partial charge in [0.1, 0.15) is 0 Å². The number of halogens is 2. The van der Waals surface area contributed by atoms with Gasteiger partial charge in [-0.3, -0.25) is 0 Å². The van der Waals surface area contributed by atoms with Crippen molar-refractivity contribution in [2.45, 2.75) is 79.1 Å². The van der Waals surface area contributed by atoms with Crippen molar-refractivity contribution in [1.82, 2.24) is 0 Å². The van der Waals surface area contributed by atoms with Gasteiger partial charge in [0.05, 0.1) is 0 Å². The van der Waals surface area contributed by atoms with E-state index in [2.05, 4.69) is 27.7 Å². The summed E-state index contributed by atoms with van der Waals surface area (Å²) in [6.07, 6.45) is 11.7. The molecule has 0 aliphatic heterocycles. The van der Waals surface area contributed by atoms with Crippen molar-refractivity contribution < 1.29 is 13.1 Å². The number of hydrogen-bond donors (Lipinski definition) is 0. The van der Waals surface area contributed by atoms with Crippen molar-refractivity contribution in [3.05, 3.63) is 0 Å². The summed E-state index contributed by atoms with van der Waals surface area (Å²) < 4.78 is 31.6. The van der Waals surface area contributed by atoms with Gasteiger partial charge in [0.25, 0.3) is 0 Å². The molecule has 0 heterocycles. The zero-order valence-corrected chi connectivity index (χ0v) is 17.5. The molecule has 0 spiro atoms. The molecule has 0 amide bonds. The van der Waals surface area contributed by atoms with E-state index in [4.69, 9.17) is 15.6 Å². The molecule has 22 heavy (non-hydrogen) atoms. The Bertz CT molecular complexity index is 304. The predicted molar refractivity (Wildman–Crippen MR) is 102 cm³/mol. The molecule has 0 saturated carbocycles. The van der Waals surface area contributed by atoms with Crippen LogP contribution in [0.25, 0.3) is 0 Å². The Morgan fingerprint density at radius 1 is 0.818 bits per heavy atom. The van der Waals surface area contributed by atoms with Crippen LogP contribution in [-0.4, -0.2) is 24.6 Å². The first-order valence-corrected chi connectivity index (χ1v) is 14.3. The molecular weight excluding hydrogens is 341 g/mol. The van der Waals surface area contributed by atoms with Crippen molar-refractivity contribution >= 4 is 25.1 Å². The average Bonchev–Trinajstić information content (AvgIpc) is 2.46. The summed E-state index contributed by atoms with van der Waals surface area (Å²) in [5, 5.41) is 0. The third-order valence-corrected chi connectivity index (χ3v) is 13.6. The minimum atomic E-state index is -4.48. The molecule has 1 unspecified atom stereocenters. The van der Waals surface area contributed by atoms with Gasteiger partial charge in [-0.05, 0) is 0 Å². The van der Waals surface area contributed by atoms with Crippen LogP contribution in [0.15, 0.2) is 0 Å². The fraction of sp³-hybridized carbons (Fsp3) is 1.00. The summed E-state index contributed by atoms with van der Waals surface area (Å²) in [5.74, 6) is 0. The molecule has 0 aromatic rings. The fourth-order valence-electron chi connectivity index (χ4n) is 3.34. The van der Waals surface area contributed by atoms with E-state index < -0.39 is 13.9 Å². The quantitative estimate of drug-likeness (QED) is 0.287. The topological polar surface area (TPSA) is 26.3 Å². The Kier molecular flexibility index (Phi) is 11.1. The van der Waals surface area contributed by atoms with Crippen LogP contribution in [0.3, 0.4) is 0 Å². The van der Waals surface area contributed by atoms with Crippen LogP contribution in [0.2, 0.25) is 0 Å². The standard InChI is InChI=1S/C16H36ClFO2P2/c1-5-9-13-22(14-10-6-2,15-11-7-3,16-12-8-4)20-21(17,18)19/h5-16H2,1-4H3. The molecule has 6 heteroatoms. The molecule has 0 aliphatic rings. The van der Waals surface area contributed by atoms with E-state index in [1.807, 2.05) is 0 Å². The van der Waals surface area contributed by atoms with Gasteiger partial charge in [0.2, 0.25) is 0 Å². The molecule has 0 bridgehead atoms. The second-order valence-electron chi connectivity index (χ2n) is 6.66. The van der Waals surface area contributed by atoms with Crippen molar-refractivity contribution in [2.75, 3.05) is 24.6 Å². The van der Waals surface area contributed by atoms with Crippen LogP contribution < -0.4 is 0 Å². The van der Waals surface area contributed by atoms with Gasteiger partial charge in [0, 0.05) is 0 Å². The number of rotatable bonds is 14. The summed E-state index contributed by atoms with van der Waals surface area (Å²) in [5.41, 5.74) is 0. The molecule has 0 aromatic heterocycles. The number of hydrogen-bond acceptors (Lipinski definition) is 2. The molecule has 0 fully saturated rings. The van der Waals surface area contributed by atoms with Crippen LogP contribution in [0.4, 0.5) is 4.20 Å². The molecule has 136 valence electrons. The van der Waals surface area contributed by atoms with Gasteiger partial charge in [-0.25, -0.2) is 0 Å². The van der Waals surface area contributed by atoms with Gasteiger partial charge in [-0.2, -0.15) is 0 Å². The van der Waals surface area contributed by atoms with E-state index in [1.165, 1.54) is 0 Å². The molecule has 0 saturated heterocycles. The van der Waals surface area contributed by atoms with Crippen molar-refractivity contribution in [3.8, 4) is 0 Å². The summed E-state index contributed by atoms with van der Waals surface area (Å²) >= 11 is 5.52. The molecule has 1 atom stereocenters. The zero-order valence-electron chi connectivity index (χ0n) is 15.0. The van der Waals surface area contributed by atoms with E-state index in [1.54, 1.807) is 0 Å². The Morgan fingerprint density at radius 3 is 1.27 bits per heavy atom. The SMILES string of the molecule is CCCCP(CCCC)(CCCC)(CCCC)OP(=O)(F)Cl. The average molecular weight is 377 g/mol. The first-order chi connectivity index (χ1) is 10.3. The van der Waals surface area contributed by atoms with Crippen LogP contribution in [0, 0.1) is 0 Å². The molecule has 2 nitrogen and oxygen atoms in total. The van der Waals surface area contributed by atoms with Gasteiger partial charge >= 0.3 is 142 Å². The number of unbranched alkanes of at least 4 members (excludes halogenated alkanes) is 4. The van der Waals surface area contributed by atoms with Crippen molar-refractivity contribution in [3.63, 3.8) is 0 Å². The molecular formula is C16H36ClFO2P2. The maximum absolute atomic E-state index is 14.0. The van der Waals surface area contributed by atoms with Gasteiger partial charge in [-0.1, -0.05) is 0 Å². The molecule has 0 aromatic carbocycles. The van der Waals surface area contributed by atoms with Crippen LogP contribution >= 0.6 is 25.1 Å². The molecule has 0 N–H and O–H groups in total. The first-order valence-electron chi connectivity index (χ1n) is 8.98. The van der Waals surface area contributed by atoms with Crippen molar-refractivity contribution in [1.29, 1.82) is 0 Å². The third kappa shape index (κ3) is 8.09. The first kappa shape index (κ1) is 22.8. The van der Waals surface area contributed by atoms with E-state index >= 15 is 0 Å². The molecule has 0 rings (SSSR count). The monoisotopic (exact) mass is 376 g/mol. The van der Waals surface area contributed by atoms with Crippen LogP contribution in [-0.2, 0) is 8.88 Å². The Balaban J connectivity index is 5.70. The van der Waals surface area contributed by atoms with Crippen molar-refractivity contribution in [2.24, 2.45) is 0 Å². The van der Waals surface area contributed by atoms with E-state index in [9.17, 15) is 8.76 Å². The van der Waals surface area contributed by atoms with Gasteiger partial charge in [0.15, 0.2) is 0 Å². The third-order valence-electron chi connectivity index (χ3n) is 4.64. The second kappa shape index (κ2) is 10.7. The van der Waals surface area contributed by atoms with Crippen LogP contribution in [0.5, 0.6) is 0 Å². The predicted octanol–water partition coefficient (Wildman–Crippen LogP) is 7.99. The van der Waals surface area contributed by atoms with Gasteiger partial charge < -0.3 is 0 Å².